The number of likely N-dealkylation sites (N-methyl/N-ethyl adjacent to an activating group) is 1. The van der Waals surface area contributed by atoms with Gasteiger partial charge < -0.3 is 30.3 Å². The van der Waals surface area contributed by atoms with Gasteiger partial charge >= 0.3 is 0 Å². The number of aryl methyl sites for hydroxylation is 1. The van der Waals surface area contributed by atoms with Crippen molar-refractivity contribution in [1.82, 2.24) is 30.1 Å². The van der Waals surface area contributed by atoms with E-state index in [1.807, 2.05) is 50.4 Å². The summed E-state index contributed by atoms with van der Waals surface area (Å²) in [7, 11) is 3.92. The number of nitriles is 1. The molecule has 0 unspecified atom stereocenters. The molecule has 1 aliphatic heterocycles. The van der Waals surface area contributed by atoms with E-state index in [0.717, 1.165) is 29.0 Å². The van der Waals surface area contributed by atoms with Crippen LogP contribution in [-0.2, 0) is 0 Å². The Balaban J connectivity index is 1.46. The highest BCUT2D eigenvalue weighted by molar-refractivity contribution is 5.98. The minimum absolute atomic E-state index is 0.0557. The van der Waals surface area contributed by atoms with E-state index in [0.29, 0.717) is 43.4 Å². The number of fused-ring (bicyclic) bond motifs is 1. The normalized spacial score (nSPS) is 16.3. The first-order valence-electron chi connectivity index (χ1n) is 11.9. The lowest BCUT2D eigenvalue weighted by Gasteiger charge is -2.41. The molecule has 11 heteroatoms. The van der Waals surface area contributed by atoms with Crippen molar-refractivity contribution in [3.63, 3.8) is 0 Å². The van der Waals surface area contributed by atoms with Gasteiger partial charge in [0.1, 0.15) is 17.8 Å². The lowest BCUT2D eigenvalue weighted by Crippen LogP contribution is -2.56. The lowest BCUT2D eigenvalue weighted by atomic mass is 10.1. The van der Waals surface area contributed by atoms with Crippen LogP contribution in [0.15, 0.2) is 41.8 Å². The summed E-state index contributed by atoms with van der Waals surface area (Å²) in [6, 6.07) is 7.26. The number of hydrogen-bond donors (Lipinski definition) is 3. The van der Waals surface area contributed by atoms with Gasteiger partial charge in [-0.25, -0.2) is 9.97 Å². The maximum absolute atomic E-state index is 12.5. The number of carbonyl (C=O) groups excluding carboxylic acids is 1. The van der Waals surface area contributed by atoms with Crippen molar-refractivity contribution in [2.24, 2.45) is 4.99 Å². The Hall–Kier alpha value is -4.17. The summed E-state index contributed by atoms with van der Waals surface area (Å²) in [6.07, 6.45) is 5.44. The average Bonchev–Trinajstić information content (AvgIpc) is 3.24. The van der Waals surface area contributed by atoms with E-state index < -0.39 is 0 Å². The summed E-state index contributed by atoms with van der Waals surface area (Å²) < 4.78 is 0. The average molecular weight is 489 g/mol. The van der Waals surface area contributed by atoms with Crippen molar-refractivity contribution in [2.45, 2.75) is 19.9 Å². The smallest absolute Gasteiger partial charge is 0.251 e. The van der Waals surface area contributed by atoms with E-state index in [2.05, 4.69) is 47.3 Å². The van der Waals surface area contributed by atoms with E-state index in [9.17, 15) is 10.1 Å². The van der Waals surface area contributed by atoms with Crippen molar-refractivity contribution < 1.29 is 4.79 Å². The molecule has 36 heavy (non-hydrogen) atoms. The van der Waals surface area contributed by atoms with E-state index >= 15 is 0 Å². The van der Waals surface area contributed by atoms with Gasteiger partial charge in [-0.3, -0.25) is 4.79 Å². The third-order valence-electron chi connectivity index (χ3n) is 6.23. The molecule has 3 heterocycles. The largest absolute Gasteiger partial charge is 0.352 e. The molecule has 3 N–H and O–H groups in total. The van der Waals surface area contributed by atoms with Gasteiger partial charge in [0.15, 0.2) is 0 Å². The van der Waals surface area contributed by atoms with Crippen LogP contribution in [0, 0.1) is 18.4 Å². The van der Waals surface area contributed by atoms with Gasteiger partial charge in [-0.2, -0.15) is 5.26 Å². The van der Waals surface area contributed by atoms with Gasteiger partial charge in [-0.05, 0) is 51.7 Å². The molecule has 1 atom stereocenters. The SMILES string of the molecule is Cc1c[nH]c2ncnc(N3CCN(C(=NC#N)Nc4cccc(C(=O)NCCN(C)C)c4)[C@@H](C)C3)c12. The van der Waals surface area contributed by atoms with Gasteiger partial charge in [-0.15, -0.1) is 4.99 Å². The number of amides is 1. The van der Waals surface area contributed by atoms with Crippen LogP contribution >= 0.6 is 0 Å². The van der Waals surface area contributed by atoms with Crippen molar-refractivity contribution in [3.8, 4) is 6.19 Å². The fraction of sp³-hybridized carbons (Fsp3) is 0.400. The highest BCUT2D eigenvalue weighted by Crippen LogP contribution is 2.27. The third kappa shape index (κ3) is 5.55. The van der Waals surface area contributed by atoms with E-state index in [4.69, 9.17) is 0 Å². The fourth-order valence-corrected chi connectivity index (χ4v) is 4.38. The standard InChI is InChI=1S/C25H32N10O/c1-17-13-28-22-21(17)23(31-16-30-22)34-10-11-35(18(2)14-34)25(29-15-26)32-20-7-5-6-19(12-20)24(36)27-8-9-33(3)4/h5-7,12-13,16,18H,8-11,14H2,1-4H3,(H,27,36)(H,29,32)(H,28,30,31)/t18-/m0/s1. The molecule has 0 radical (unpaired) electrons. The van der Waals surface area contributed by atoms with Gasteiger partial charge in [0, 0.05) is 56.2 Å². The van der Waals surface area contributed by atoms with E-state index in [1.165, 1.54) is 0 Å². The third-order valence-corrected chi connectivity index (χ3v) is 6.23. The van der Waals surface area contributed by atoms with Gasteiger partial charge in [0.2, 0.25) is 12.2 Å². The minimum atomic E-state index is -0.141. The van der Waals surface area contributed by atoms with Crippen molar-refractivity contribution in [3.05, 3.63) is 47.9 Å². The lowest BCUT2D eigenvalue weighted by molar-refractivity contribution is 0.0951. The number of benzene rings is 1. The Morgan fingerprint density at radius 1 is 1.33 bits per heavy atom. The monoisotopic (exact) mass is 488 g/mol. The van der Waals surface area contributed by atoms with Crippen LogP contribution in [0.1, 0.15) is 22.8 Å². The maximum atomic E-state index is 12.5. The summed E-state index contributed by atoms with van der Waals surface area (Å²) in [5.74, 6) is 1.22. The molecular formula is C25H32N10O. The first kappa shape index (κ1) is 24.9. The number of carbonyl (C=O) groups is 1. The molecule has 1 saturated heterocycles. The maximum Gasteiger partial charge on any atom is 0.251 e. The number of aromatic nitrogens is 3. The topological polar surface area (TPSA) is 129 Å². The van der Waals surface area contributed by atoms with Crippen molar-refractivity contribution >= 4 is 34.4 Å². The molecule has 1 aliphatic rings. The van der Waals surface area contributed by atoms with Crippen LogP contribution in [0.4, 0.5) is 11.5 Å². The summed E-state index contributed by atoms with van der Waals surface area (Å²) in [4.78, 5) is 35.0. The fourth-order valence-electron chi connectivity index (χ4n) is 4.38. The van der Waals surface area contributed by atoms with Gasteiger partial charge in [0.25, 0.3) is 5.91 Å². The van der Waals surface area contributed by atoms with Crippen LogP contribution in [-0.4, -0.2) is 89.5 Å². The summed E-state index contributed by atoms with van der Waals surface area (Å²) in [5.41, 5.74) is 3.17. The van der Waals surface area contributed by atoms with E-state index in [-0.39, 0.29) is 11.9 Å². The molecule has 1 fully saturated rings. The predicted octanol–water partition coefficient (Wildman–Crippen LogP) is 2.02. The number of aliphatic imine (C=N–C) groups is 1. The molecule has 0 spiro atoms. The summed E-state index contributed by atoms with van der Waals surface area (Å²) >= 11 is 0. The van der Waals surface area contributed by atoms with Crippen molar-refractivity contribution in [1.29, 1.82) is 5.26 Å². The zero-order valence-electron chi connectivity index (χ0n) is 21.1. The molecule has 0 aliphatic carbocycles. The predicted molar refractivity (Wildman–Crippen MR) is 141 cm³/mol. The molecule has 3 aromatic rings. The zero-order chi connectivity index (χ0) is 25.7. The van der Waals surface area contributed by atoms with Crippen LogP contribution in [0.3, 0.4) is 0 Å². The van der Waals surface area contributed by atoms with Crippen LogP contribution in [0.25, 0.3) is 11.0 Å². The zero-order valence-corrected chi connectivity index (χ0v) is 21.1. The number of nitrogens with one attached hydrogen (secondary N) is 3. The number of piperazine rings is 1. The highest BCUT2D eigenvalue weighted by atomic mass is 16.1. The van der Waals surface area contributed by atoms with Crippen LogP contribution < -0.4 is 15.5 Å². The number of anilines is 2. The molecular weight excluding hydrogens is 456 g/mol. The van der Waals surface area contributed by atoms with Gasteiger partial charge in [-0.1, -0.05) is 6.07 Å². The number of H-pyrrole nitrogens is 1. The molecule has 188 valence electrons. The molecule has 1 amide bonds. The van der Waals surface area contributed by atoms with Crippen molar-refractivity contribution in [2.75, 3.05) is 57.0 Å². The van der Waals surface area contributed by atoms with E-state index in [1.54, 1.807) is 18.5 Å². The Labute approximate surface area is 210 Å². The molecule has 4 rings (SSSR count). The first-order chi connectivity index (χ1) is 17.4. The second-order valence-corrected chi connectivity index (χ2v) is 9.18. The molecule has 1 aromatic carbocycles. The summed E-state index contributed by atoms with van der Waals surface area (Å²) in [5, 5.41) is 16.6. The Morgan fingerprint density at radius 3 is 2.92 bits per heavy atom. The second kappa shape index (κ2) is 11.0. The quantitative estimate of drug-likeness (QED) is 0.273. The molecule has 11 nitrogen and oxygen atoms in total. The molecule has 2 aromatic heterocycles. The number of nitrogens with zero attached hydrogens (tertiary/aromatic N) is 7. The number of rotatable bonds is 6. The van der Waals surface area contributed by atoms with Gasteiger partial charge in [0.05, 0.1) is 5.39 Å². The Bertz CT molecular complexity index is 1290. The second-order valence-electron chi connectivity index (χ2n) is 9.18. The molecule has 0 saturated carbocycles. The van der Waals surface area contributed by atoms with Crippen LogP contribution in [0.2, 0.25) is 0 Å². The Kier molecular flexibility index (Phi) is 7.65. The van der Waals surface area contributed by atoms with Crippen LogP contribution in [0.5, 0.6) is 0 Å². The number of hydrogen-bond acceptors (Lipinski definition) is 7. The molecule has 0 bridgehead atoms. The number of aromatic amines is 1. The number of guanidine groups is 1. The first-order valence-corrected chi connectivity index (χ1v) is 11.9. The highest BCUT2D eigenvalue weighted by Gasteiger charge is 2.29. The summed E-state index contributed by atoms with van der Waals surface area (Å²) in [6.45, 7) is 7.53. The minimum Gasteiger partial charge on any atom is -0.352 e. The Morgan fingerprint density at radius 2 is 2.17 bits per heavy atom.